The molecule has 0 saturated carbocycles. The maximum atomic E-state index is 5.88. The molecule has 0 fully saturated rings. The third kappa shape index (κ3) is 3.05. The minimum Gasteiger partial charge on any atom is -0.354 e. The molecule has 2 aromatic rings. The first-order valence-electron chi connectivity index (χ1n) is 5.90. The first-order chi connectivity index (χ1) is 8.56. The van der Waals surface area contributed by atoms with Crippen LogP contribution in [0.4, 0.5) is 5.82 Å². The van der Waals surface area contributed by atoms with Crippen LogP contribution >= 0.6 is 11.3 Å². The number of aromatic nitrogens is 2. The Balaban J connectivity index is 2.13. The average molecular weight is 262 g/mol. The highest BCUT2D eigenvalue weighted by Gasteiger charge is 2.08. The van der Waals surface area contributed by atoms with E-state index in [9.17, 15) is 0 Å². The minimum absolute atomic E-state index is 0.0293. The van der Waals surface area contributed by atoms with E-state index in [0.717, 1.165) is 28.6 Å². The second-order valence-electron chi connectivity index (χ2n) is 4.45. The number of thiazole rings is 1. The molecule has 5 heteroatoms. The zero-order valence-corrected chi connectivity index (χ0v) is 11.7. The smallest absolute Gasteiger partial charge is 0.128 e. The molecule has 2 N–H and O–H groups in total. The van der Waals surface area contributed by atoms with Crippen LogP contribution in [0.3, 0.4) is 0 Å². The summed E-state index contributed by atoms with van der Waals surface area (Å²) >= 11 is 1.67. The van der Waals surface area contributed by atoms with Gasteiger partial charge in [-0.1, -0.05) is 0 Å². The van der Waals surface area contributed by atoms with Gasteiger partial charge in [0, 0.05) is 24.7 Å². The van der Waals surface area contributed by atoms with E-state index < -0.39 is 0 Å². The highest BCUT2D eigenvalue weighted by Crippen LogP contribution is 2.18. The number of nitrogens with two attached hydrogens (primary N) is 1. The molecule has 2 heterocycles. The first-order valence-corrected chi connectivity index (χ1v) is 6.78. The standard InChI is InChI=1S/C13H18N4S/c1-9(14)11-4-5-15-13(6-11)17(3)7-12-8-18-10(2)16-12/h4-6,8-9H,7,14H2,1-3H3/t9-/m1/s1. The summed E-state index contributed by atoms with van der Waals surface area (Å²) in [5.41, 5.74) is 8.06. The van der Waals surface area contributed by atoms with Crippen molar-refractivity contribution in [3.8, 4) is 0 Å². The Morgan fingerprint density at radius 3 is 2.89 bits per heavy atom. The van der Waals surface area contributed by atoms with Crippen LogP contribution in [0.5, 0.6) is 0 Å². The largest absolute Gasteiger partial charge is 0.354 e. The Morgan fingerprint density at radius 2 is 2.28 bits per heavy atom. The molecule has 0 aliphatic heterocycles. The summed E-state index contributed by atoms with van der Waals surface area (Å²) in [6.45, 7) is 4.76. The van der Waals surface area contributed by atoms with Gasteiger partial charge in [0.05, 0.1) is 17.2 Å². The lowest BCUT2D eigenvalue weighted by Crippen LogP contribution is -2.18. The third-order valence-corrected chi connectivity index (χ3v) is 3.57. The van der Waals surface area contributed by atoms with Gasteiger partial charge in [-0.05, 0) is 31.5 Å². The molecule has 0 aromatic carbocycles. The van der Waals surface area contributed by atoms with Crippen molar-refractivity contribution in [1.82, 2.24) is 9.97 Å². The average Bonchev–Trinajstić information content (AvgIpc) is 2.75. The number of pyridine rings is 1. The minimum atomic E-state index is 0.0293. The predicted molar refractivity (Wildman–Crippen MR) is 75.8 cm³/mol. The molecular formula is C13H18N4S. The van der Waals surface area contributed by atoms with Gasteiger partial charge in [0.25, 0.3) is 0 Å². The summed E-state index contributed by atoms with van der Waals surface area (Å²) in [6, 6.07) is 4.01. The fourth-order valence-electron chi connectivity index (χ4n) is 1.73. The lowest BCUT2D eigenvalue weighted by atomic mass is 10.1. The third-order valence-electron chi connectivity index (χ3n) is 2.75. The molecule has 0 bridgehead atoms. The topological polar surface area (TPSA) is 55.0 Å². The zero-order valence-electron chi connectivity index (χ0n) is 10.9. The van der Waals surface area contributed by atoms with Crippen LogP contribution in [0.1, 0.15) is 29.2 Å². The summed E-state index contributed by atoms with van der Waals surface area (Å²) < 4.78 is 0. The highest BCUT2D eigenvalue weighted by atomic mass is 32.1. The lowest BCUT2D eigenvalue weighted by molar-refractivity contribution is 0.807. The maximum Gasteiger partial charge on any atom is 0.128 e. The van der Waals surface area contributed by atoms with E-state index in [2.05, 4.69) is 20.2 Å². The van der Waals surface area contributed by atoms with Crippen molar-refractivity contribution >= 4 is 17.2 Å². The number of aryl methyl sites for hydroxylation is 1. The second kappa shape index (κ2) is 5.46. The van der Waals surface area contributed by atoms with Gasteiger partial charge in [0.1, 0.15) is 5.82 Å². The second-order valence-corrected chi connectivity index (χ2v) is 5.51. The van der Waals surface area contributed by atoms with E-state index in [-0.39, 0.29) is 6.04 Å². The van der Waals surface area contributed by atoms with E-state index in [1.807, 2.05) is 33.0 Å². The molecule has 18 heavy (non-hydrogen) atoms. The molecule has 4 nitrogen and oxygen atoms in total. The van der Waals surface area contributed by atoms with E-state index in [4.69, 9.17) is 5.73 Å². The predicted octanol–water partition coefficient (Wildman–Crippen LogP) is 2.50. The van der Waals surface area contributed by atoms with Crippen molar-refractivity contribution in [3.63, 3.8) is 0 Å². The molecule has 0 aliphatic rings. The van der Waals surface area contributed by atoms with Crippen LogP contribution in [-0.4, -0.2) is 17.0 Å². The molecule has 0 spiro atoms. The summed E-state index contributed by atoms with van der Waals surface area (Å²) in [6.07, 6.45) is 1.80. The van der Waals surface area contributed by atoms with Crippen LogP contribution in [0.15, 0.2) is 23.7 Å². The van der Waals surface area contributed by atoms with Crippen LogP contribution in [0.2, 0.25) is 0 Å². The fraction of sp³-hybridized carbons (Fsp3) is 0.385. The van der Waals surface area contributed by atoms with Gasteiger partial charge in [-0.25, -0.2) is 9.97 Å². The number of rotatable bonds is 4. The number of nitrogens with zero attached hydrogens (tertiary/aromatic N) is 3. The van der Waals surface area contributed by atoms with Gasteiger partial charge in [0.15, 0.2) is 0 Å². The molecule has 0 saturated heterocycles. The molecule has 1 atom stereocenters. The van der Waals surface area contributed by atoms with Crippen molar-refractivity contribution in [2.75, 3.05) is 11.9 Å². The molecule has 0 radical (unpaired) electrons. The normalized spacial score (nSPS) is 12.4. The first kappa shape index (κ1) is 13.0. The fourth-order valence-corrected chi connectivity index (χ4v) is 2.33. The monoisotopic (exact) mass is 262 g/mol. The van der Waals surface area contributed by atoms with Crippen molar-refractivity contribution < 1.29 is 0 Å². The van der Waals surface area contributed by atoms with E-state index in [1.165, 1.54) is 0 Å². The summed E-state index contributed by atoms with van der Waals surface area (Å²) in [4.78, 5) is 10.9. The Morgan fingerprint density at radius 1 is 1.50 bits per heavy atom. The van der Waals surface area contributed by atoms with Crippen LogP contribution in [0, 0.1) is 6.92 Å². The molecule has 0 amide bonds. The molecule has 96 valence electrons. The number of hydrogen-bond donors (Lipinski definition) is 1. The van der Waals surface area contributed by atoms with Crippen LogP contribution in [0.25, 0.3) is 0 Å². The van der Waals surface area contributed by atoms with Crippen LogP contribution < -0.4 is 10.6 Å². The lowest BCUT2D eigenvalue weighted by Gasteiger charge is -2.18. The van der Waals surface area contributed by atoms with E-state index in [0.29, 0.717) is 0 Å². The highest BCUT2D eigenvalue weighted by molar-refractivity contribution is 7.09. The number of anilines is 1. The van der Waals surface area contributed by atoms with Gasteiger partial charge < -0.3 is 10.6 Å². The molecule has 2 rings (SSSR count). The Hall–Kier alpha value is -1.46. The Kier molecular flexibility index (Phi) is 3.93. The van der Waals surface area contributed by atoms with Gasteiger partial charge >= 0.3 is 0 Å². The summed E-state index contributed by atoms with van der Waals surface area (Å²) in [5.74, 6) is 0.926. The summed E-state index contributed by atoms with van der Waals surface area (Å²) in [7, 11) is 2.02. The molecule has 0 aliphatic carbocycles. The van der Waals surface area contributed by atoms with Crippen molar-refractivity contribution in [3.05, 3.63) is 40.0 Å². The van der Waals surface area contributed by atoms with Crippen molar-refractivity contribution in [2.45, 2.75) is 26.4 Å². The van der Waals surface area contributed by atoms with E-state index >= 15 is 0 Å². The van der Waals surface area contributed by atoms with Crippen LogP contribution in [-0.2, 0) is 6.54 Å². The Bertz CT molecular complexity index is 521. The van der Waals surface area contributed by atoms with Gasteiger partial charge in [0.2, 0.25) is 0 Å². The quantitative estimate of drug-likeness (QED) is 0.920. The molecule has 2 aromatic heterocycles. The van der Waals surface area contributed by atoms with Gasteiger partial charge in [-0.15, -0.1) is 11.3 Å². The Labute approximate surface area is 111 Å². The van der Waals surface area contributed by atoms with Gasteiger partial charge in [-0.2, -0.15) is 0 Å². The molecular weight excluding hydrogens is 244 g/mol. The zero-order chi connectivity index (χ0) is 13.1. The maximum absolute atomic E-state index is 5.88. The summed E-state index contributed by atoms with van der Waals surface area (Å²) in [5, 5.41) is 3.18. The van der Waals surface area contributed by atoms with Crippen molar-refractivity contribution in [1.29, 1.82) is 0 Å². The van der Waals surface area contributed by atoms with Gasteiger partial charge in [-0.3, -0.25) is 0 Å². The van der Waals surface area contributed by atoms with Crippen molar-refractivity contribution in [2.24, 2.45) is 5.73 Å². The SMILES string of the molecule is Cc1nc(CN(C)c2cc([C@@H](C)N)ccn2)cs1. The molecule has 0 unspecified atom stereocenters. The van der Waals surface area contributed by atoms with E-state index in [1.54, 1.807) is 17.5 Å². The number of hydrogen-bond acceptors (Lipinski definition) is 5.